The van der Waals surface area contributed by atoms with Gasteiger partial charge in [-0.05, 0) is 106 Å². The number of methoxy groups -OCH3 is 1. The molecule has 2 bridgehead atoms. The molecule has 2 atom stereocenters. The molecule has 2 unspecified atom stereocenters. The lowest BCUT2D eigenvalue weighted by Gasteiger charge is -2.36. The Balaban J connectivity index is 1.25. The molecule has 5 rings (SSSR count). The molecule has 0 aromatic heterocycles. The number of nitrogens with one attached hydrogen (secondary N) is 2. The number of ether oxygens (including phenoxy) is 3. The highest BCUT2D eigenvalue weighted by atomic mass is 19.4. The van der Waals surface area contributed by atoms with Gasteiger partial charge in [0.2, 0.25) is 0 Å². The van der Waals surface area contributed by atoms with E-state index in [0.717, 1.165) is 38.5 Å². The Kier molecular flexibility index (Phi) is 11.0. The molecule has 2 heterocycles. The van der Waals surface area contributed by atoms with E-state index in [4.69, 9.17) is 14.2 Å². The number of halogens is 3. The first-order chi connectivity index (χ1) is 23.0. The Hall–Kier alpha value is -4.45. The molecular formula is C36H43F3N4O5. The summed E-state index contributed by atoms with van der Waals surface area (Å²) in [6, 6.07) is 17.6. The Morgan fingerprint density at radius 1 is 0.917 bits per heavy atom. The van der Waals surface area contributed by atoms with E-state index in [9.17, 15) is 22.8 Å². The molecule has 0 radical (unpaired) electrons. The number of rotatable bonds is 12. The number of hydrogen-bond acceptors (Lipinski definition) is 6. The zero-order valence-electron chi connectivity index (χ0n) is 27.7. The number of piperidine rings is 1. The summed E-state index contributed by atoms with van der Waals surface area (Å²) in [5.74, 6) is 0.780. The van der Waals surface area contributed by atoms with E-state index in [2.05, 4.69) is 22.6 Å². The molecule has 2 N–H and O–H groups in total. The van der Waals surface area contributed by atoms with Gasteiger partial charge in [0.05, 0.1) is 7.11 Å². The van der Waals surface area contributed by atoms with Gasteiger partial charge in [0.1, 0.15) is 24.1 Å². The minimum absolute atomic E-state index is 0.0572. The molecule has 12 heteroatoms. The topological polar surface area (TPSA) is 92.4 Å². The zero-order chi connectivity index (χ0) is 34.4. The maximum Gasteiger partial charge on any atom is 0.406 e. The maximum atomic E-state index is 13.7. The summed E-state index contributed by atoms with van der Waals surface area (Å²) in [5, 5.41) is 5.67. The zero-order valence-corrected chi connectivity index (χ0v) is 27.7. The molecule has 3 amide bonds. The molecule has 2 fully saturated rings. The first kappa shape index (κ1) is 34.9. The summed E-state index contributed by atoms with van der Waals surface area (Å²) in [5.41, 5.74) is 0.664. The fourth-order valence-corrected chi connectivity index (χ4v) is 6.44. The molecule has 3 aromatic rings. The second kappa shape index (κ2) is 15.2. The third-order valence-corrected chi connectivity index (χ3v) is 9.16. The van der Waals surface area contributed by atoms with Gasteiger partial charge in [-0.2, -0.15) is 13.2 Å². The molecule has 258 valence electrons. The van der Waals surface area contributed by atoms with E-state index >= 15 is 0 Å². The summed E-state index contributed by atoms with van der Waals surface area (Å²) in [4.78, 5) is 28.9. The summed E-state index contributed by atoms with van der Waals surface area (Å²) in [7, 11) is 3.61. The van der Waals surface area contributed by atoms with E-state index in [0.29, 0.717) is 45.7 Å². The molecule has 3 aromatic carbocycles. The van der Waals surface area contributed by atoms with Crippen LogP contribution in [0.4, 0.5) is 29.3 Å². The monoisotopic (exact) mass is 668 g/mol. The van der Waals surface area contributed by atoms with Gasteiger partial charge in [-0.25, -0.2) is 4.79 Å². The summed E-state index contributed by atoms with van der Waals surface area (Å²) < 4.78 is 58.6. The van der Waals surface area contributed by atoms with Crippen molar-refractivity contribution in [2.45, 2.75) is 82.8 Å². The van der Waals surface area contributed by atoms with E-state index < -0.39 is 18.6 Å². The molecule has 2 aliphatic heterocycles. The van der Waals surface area contributed by atoms with Crippen LogP contribution in [0.1, 0.15) is 62.7 Å². The van der Waals surface area contributed by atoms with Crippen molar-refractivity contribution in [2.75, 3.05) is 30.9 Å². The highest BCUT2D eigenvalue weighted by Crippen LogP contribution is 2.37. The van der Waals surface area contributed by atoms with Crippen LogP contribution in [0.2, 0.25) is 0 Å². The van der Waals surface area contributed by atoms with Crippen LogP contribution in [0.3, 0.4) is 0 Å². The Morgan fingerprint density at radius 2 is 1.54 bits per heavy atom. The Morgan fingerprint density at radius 3 is 2.12 bits per heavy atom. The molecule has 2 saturated heterocycles. The van der Waals surface area contributed by atoms with E-state index in [1.807, 2.05) is 13.8 Å². The molecule has 0 spiro atoms. The SMILES string of the molecule is CCC(CC)NC(=O)Nc1ccc(Oc2ccc(N(CC(F)(F)F)C(=O)c3ccc(OC4CC5CCC(C4)N5C)cc3)cc2)c(OC)c1. The van der Waals surface area contributed by atoms with Crippen molar-refractivity contribution in [2.24, 2.45) is 0 Å². The number of nitrogens with zero attached hydrogens (tertiary/aromatic N) is 2. The number of alkyl halides is 3. The summed E-state index contributed by atoms with van der Waals surface area (Å²) in [6.45, 7) is 2.53. The predicted molar refractivity (Wildman–Crippen MR) is 178 cm³/mol. The fourth-order valence-electron chi connectivity index (χ4n) is 6.44. The van der Waals surface area contributed by atoms with Gasteiger partial charge in [0.25, 0.3) is 5.91 Å². The van der Waals surface area contributed by atoms with Gasteiger partial charge in [-0.3, -0.25) is 9.69 Å². The van der Waals surface area contributed by atoms with Crippen molar-refractivity contribution in [3.05, 3.63) is 72.3 Å². The number of anilines is 2. The van der Waals surface area contributed by atoms with Crippen molar-refractivity contribution >= 4 is 23.3 Å². The van der Waals surface area contributed by atoms with Crippen LogP contribution >= 0.6 is 0 Å². The maximum absolute atomic E-state index is 13.7. The lowest BCUT2D eigenvalue weighted by molar-refractivity contribution is -0.118. The van der Waals surface area contributed by atoms with Gasteiger partial charge in [-0.1, -0.05) is 13.8 Å². The number of urea groups is 1. The summed E-state index contributed by atoms with van der Waals surface area (Å²) >= 11 is 0. The average Bonchev–Trinajstić information content (AvgIpc) is 3.26. The van der Waals surface area contributed by atoms with E-state index in [1.165, 1.54) is 43.5 Å². The van der Waals surface area contributed by atoms with Gasteiger partial charge >= 0.3 is 12.2 Å². The van der Waals surface area contributed by atoms with Gasteiger partial charge in [0, 0.05) is 41.1 Å². The van der Waals surface area contributed by atoms with Crippen LogP contribution in [0.5, 0.6) is 23.0 Å². The van der Waals surface area contributed by atoms with Crippen molar-refractivity contribution < 1.29 is 37.0 Å². The minimum Gasteiger partial charge on any atom is -0.493 e. The molecular weight excluding hydrogens is 625 g/mol. The first-order valence-corrected chi connectivity index (χ1v) is 16.4. The van der Waals surface area contributed by atoms with Gasteiger partial charge in [0.15, 0.2) is 11.5 Å². The van der Waals surface area contributed by atoms with Crippen LogP contribution in [-0.4, -0.2) is 67.9 Å². The van der Waals surface area contributed by atoms with Crippen molar-refractivity contribution in [1.29, 1.82) is 0 Å². The minimum atomic E-state index is -4.63. The van der Waals surface area contributed by atoms with Crippen LogP contribution in [0, 0.1) is 0 Å². The third-order valence-electron chi connectivity index (χ3n) is 9.16. The second-order valence-electron chi connectivity index (χ2n) is 12.4. The van der Waals surface area contributed by atoms with Crippen molar-refractivity contribution in [3.63, 3.8) is 0 Å². The lowest BCUT2D eigenvalue weighted by Crippen LogP contribution is -2.43. The largest absolute Gasteiger partial charge is 0.493 e. The Bertz CT molecular complexity index is 1530. The fraction of sp³-hybridized carbons (Fsp3) is 0.444. The van der Waals surface area contributed by atoms with Crippen LogP contribution < -0.4 is 29.7 Å². The average molecular weight is 669 g/mol. The quantitative estimate of drug-likeness (QED) is 0.203. The standard InChI is InChI=1S/C36H43F3N4O5/c1-5-24(6-2)40-35(45)41-25-9-18-32(33(19-25)46-4)48-30-16-12-26(13-17-30)43(22-36(37,38)39)34(44)23-7-14-29(15-8-23)47-31-20-27-10-11-28(21-31)42(27)3/h7-9,12-19,24,27-28,31H,5-6,10-11,20-22H2,1-4H3,(H2,40,41,45). The van der Waals surface area contributed by atoms with Gasteiger partial charge in [-0.15, -0.1) is 0 Å². The Labute approximate surface area is 279 Å². The first-order valence-electron chi connectivity index (χ1n) is 16.4. The number of hydrogen-bond donors (Lipinski definition) is 2. The summed E-state index contributed by atoms with van der Waals surface area (Å²) in [6.07, 6.45) is 1.24. The van der Waals surface area contributed by atoms with Crippen molar-refractivity contribution in [1.82, 2.24) is 10.2 Å². The number of carbonyl (C=O) groups excluding carboxylic acids is 2. The molecule has 9 nitrogen and oxygen atoms in total. The number of fused-ring (bicyclic) bond motifs is 2. The normalized spacial score (nSPS) is 19.1. The molecule has 0 aliphatic carbocycles. The molecule has 2 aliphatic rings. The third kappa shape index (κ3) is 8.71. The highest BCUT2D eigenvalue weighted by molar-refractivity contribution is 6.06. The molecule has 48 heavy (non-hydrogen) atoms. The van der Waals surface area contributed by atoms with Crippen LogP contribution in [0.25, 0.3) is 0 Å². The van der Waals surface area contributed by atoms with Crippen LogP contribution in [-0.2, 0) is 0 Å². The van der Waals surface area contributed by atoms with Crippen molar-refractivity contribution in [3.8, 4) is 23.0 Å². The lowest BCUT2D eigenvalue weighted by atomic mass is 10.0. The van der Waals surface area contributed by atoms with Gasteiger partial charge < -0.3 is 29.7 Å². The number of carbonyl (C=O) groups is 2. The number of benzene rings is 3. The van der Waals surface area contributed by atoms with Crippen LogP contribution in [0.15, 0.2) is 66.7 Å². The smallest absolute Gasteiger partial charge is 0.406 e. The second-order valence-corrected chi connectivity index (χ2v) is 12.4. The van der Waals surface area contributed by atoms with E-state index in [-0.39, 0.29) is 29.4 Å². The predicted octanol–water partition coefficient (Wildman–Crippen LogP) is 8.01. The molecule has 0 saturated carbocycles. The van der Waals surface area contributed by atoms with E-state index in [1.54, 1.807) is 30.3 Å². The number of amides is 3. The highest BCUT2D eigenvalue weighted by Gasteiger charge is 2.39.